The molecule has 104 valence electrons. The van der Waals surface area contributed by atoms with E-state index in [1.807, 2.05) is 36.4 Å². The van der Waals surface area contributed by atoms with Gasteiger partial charge in [0, 0.05) is 13.1 Å². The molecule has 21 heavy (non-hydrogen) atoms. The molecule has 0 bridgehead atoms. The summed E-state index contributed by atoms with van der Waals surface area (Å²) in [6.07, 6.45) is 0. The maximum absolute atomic E-state index is 8.79. The number of pyridine rings is 1. The van der Waals surface area contributed by atoms with Crippen LogP contribution in [0.4, 0.5) is 10.9 Å². The Morgan fingerprint density at radius 2 is 1.86 bits per heavy atom. The molecular formula is C15H13N5S. The van der Waals surface area contributed by atoms with Crippen molar-refractivity contribution in [3.05, 3.63) is 48.2 Å². The summed E-state index contributed by atoms with van der Waals surface area (Å²) in [5, 5.41) is 16.2. The third-order valence-electron chi connectivity index (χ3n) is 2.86. The topological polar surface area (TPSA) is 73.6 Å². The van der Waals surface area contributed by atoms with Gasteiger partial charge in [0.1, 0.15) is 17.6 Å². The molecule has 0 amide bonds. The van der Waals surface area contributed by atoms with Crippen molar-refractivity contribution < 1.29 is 0 Å². The summed E-state index contributed by atoms with van der Waals surface area (Å²) in [6.45, 7) is 1.44. The Hall–Kier alpha value is -2.65. The summed E-state index contributed by atoms with van der Waals surface area (Å²) in [7, 11) is 0. The summed E-state index contributed by atoms with van der Waals surface area (Å²) in [5.41, 5.74) is 1.43. The molecule has 0 unspecified atom stereocenters. The van der Waals surface area contributed by atoms with Crippen molar-refractivity contribution in [2.45, 2.75) is 0 Å². The average molecular weight is 295 g/mol. The van der Waals surface area contributed by atoms with Gasteiger partial charge in [-0.2, -0.15) is 5.26 Å². The number of thiazole rings is 1. The second kappa shape index (κ2) is 6.20. The predicted molar refractivity (Wildman–Crippen MR) is 85.6 cm³/mol. The number of benzene rings is 1. The molecular weight excluding hydrogens is 282 g/mol. The molecule has 2 heterocycles. The summed E-state index contributed by atoms with van der Waals surface area (Å²) in [4.78, 5) is 8.66. The van der Waals surface area contributed by atoms with Gasteiger partial charge in [0.25, 0.3) is 0 Å². The van der Waals surface area contributed by atoms with Crippen LogP contribution in [0.3, 0.4) is 0 Å². The van der Waals surface area contributed by atoms with Crippen LogP contribution in [0.15, 0.2) is 42.5 Å². The minimum atomic E-state index is 0.416. The van der Waals surface area contributed by atoms with Crippen LogP contribution in [0.2, 0.25) is 0 Å². The van der Waals surface area contributed by atoms with Crippen molar-refractivity contribution in [1.82, 2.24) is 9.97 Å². The normalized spacial score (nSPS) is 10.2. The number of para-hydroxylation sites is 1. The number of nitriles is 1. The van der Waals surface area contributed by atoms with Crippen molar-refractivity contribution in [3.63, 3.8) is 0 Å². The third-order valence-corrected chi connectivity index (χ3v) is 3.86. The molecule has 0 radical (unpaired) electrons. The van der Waals surface area contributed by atoms with Crippen LogP contribution < -0.4 is 10.6 Å². The predicted octanol–water partition coefficient (Wildman–Crippen LogP) is 3.09. The standard InChI is InChI=1S/C15H13N5S/c16-10-11-4-3-7-14(19-11)17-8-9-18-15-20-12-5-1-2-6-13(12)21-15/h1-7H,8-9H2,(H,17,19)(H,18,20). The molecule has 3 rings (SSSR count). The number of aromatic nitrogens is 2. The SMILES string of the molecule is N#Cc1cccc(NCCNc2nc3ccccc3s2)n1. The van der Waals surface area contributed by atoms with E-state index >= 15 is 0 Å². The molecule has 0 aliphatic heterocycles. The Balaban J connectivity index is 1.53. The first-order chi connectivity index (χ1) is 10.3. The fraction of sp³-hybridized carbons (Fsp3) is 0.133. The quantitative estimate of drug-likeness (QED) is 0.708. The number of fused-ring (bicyclic) bond motifs is 1. The number of hydrogen-bond donors (Lipinski definition) is 2. The largest absolute Gasteiger partial charge is 0.368 e. The molecule has 0 aliphatic carbocycles. The van der Waals surface area contributed by atoms with Gasteiger partial charge in [-0.3, -0.25) is 0 Å². The van der Waals surface area contributed by atoms with Crippen LogP contribution in [-0.4, -0.2) is 23.1 Å². The van der Waals surface area contributed by atoms with E-state index in [2.05, 4.69) is 26.7 Å². The zero-order valence-electron chi connectivity index (χ0n) is 11.2. The van der Waals surface area contributed by atoms with Gasteiger partial charge in [0.2, 0.25) is 0 Å². The van der Waals surface area contributed by atoms with Gasteiger partial charge in [-0.05, 0) is 24.3 Å². The second-order valence-corrected chi connectivity index (χ2v) is 5.39. The Bertz CT molecular complexity index is 757. The maximum Gasteiger partial charge on any atom is 0.183 e. The highest BCUT2D eigenvalue weighted by Crippen LogP contribution is 2.24. The number of nitrogens with one attached hydrogen (secondary N) is 2. The summed E-state index contributed by atoms with van der Waals surface area (Å²) in [5.74, 6) is 0.708. The van der Waals surface area contributed by atoms with Crippen LogP contribution >= 0.6 is 11.3 Å². The number of nitrogens with zero attached hydrogens (tertiary/aromatic N) is 3. The molecule has 0 fully saturated rings. The maximum atomic E-state index is 8.79. The molecule has 0 atom stereocenters. The van der Waals surface area contributed by atoms with E-state index in [0.717, 1.165) is 17.2 Å². The van der Waals surface area contributed by atoms with Gasteiger partial charge in [-0.1, -0.05) is 29.5 Å². The summed E-state index contributed by atoms with van der Waals surface area (Å²) in [6, 6.07) is 15.4. The first-order valence-electron chi connectivity index (χ1n) is 6.55. The Morgan fingerprint density at radius 3 is 2.71 bits per heavy atom. The van der Waals surface area contributed by atoms with E-state index < -0.39 is 0 Å². The van der Waals surface area contributed by atoms with E-state index in [-0.39, 0.29) is 0 Å². The zero-order valence-corrected chi connectivity index (χ0v) is 12.0. The fourth-order valence-electron chi connectivity index (χ4n) is 1.90. The molecule has 3 aromatic rings. The van der Waals surface area contributed by atoms with Gasteiger partial charge in [0.05, 0.1) is 10.2 Å². The minimum absolute atomic E-state index is 0.416. The molecule has 6 heteroatoms. The first-order valence-corrected chi connectivity index (χ1v) is 7.37. The third kappa shape index (κ3) is 3.27. The van der Waals surface area contributed by atoms with E-state index in [4.69, 9.17) is 5.26 Å². The van der Waals surface area contributed by atoms with Crippen LogP contribution in [0.5, 0.6) is 0 Å². The van der Waals surface area contributed by atoms with Crippen LogP contribution in [0, 0.1) is 11.3 Å². The van der Waals surface area contributed by atoms with E-state index in [9.17, 15) is 0 Å². The molecule has 0 aliphatic rings. The van der Waals surface area contributed by atoms with Crippen molar-refractivity contribution in [2.75, 3.05) is 23.7 Å². The van der Waals surface area contributed by atoms with Gasteiger partial charge in [-0.15, -0.1) is 0 Å². The van der Waals surface area contributed by atoms with Crippen LogP contribution in [-0.2, 0) is 0 Å². The molecule has 5 nitrogen and oxygen atoms in total. The molecule has 2 aromatic heterocycles. The van der Waals surface area contributed by atoms with E-state index in [0.29, 0.717) is 18.1 Å². The smallest absolute Gasteiger partial charge is 0.183 e. The van der Waals surface area contributed by atoms with Gasteiger partial charge >= 0.3 is 0 Å². The Morgan fingerprint density at radius 1 is 1.00 bits per heavy atom. The van der Waals surface area contributed by atoms with E-state index in [1.54, 1.807) is 17.4 Å². The lowest BCUT2D eigenvalue weighted by molar-refractivity contribution is 1.05. The molecule has 1 aromatic carbocycles. The van der Waals surface area contributed by atoms with Crippen molar-refractivity contribution >= 4 is 32.5 Å². The monoisotopic (exact) mass is 295 g/mol. The number of rotatable bonds is 5. The molecule has 0 spiro atoms. The Kier molecular flexibility index (Phi) is 3.94. The van der Waals surface area contributed by atoms with Crippen molar-refractivity contribution in [2.24, 2.45) is 0 Å². The van der Waals surface area contributed by atoms with Gasteiger partial charge < -0.3 is 10.6 Å². The van der Waals surface area contributed by atoms with Gasteiger partial charge in [-0.25, -0.2) is 9.97 Å². The molecule has 0 saturated heterocycles. The fourth-order valence-corrected chi connectivity index (χ4v) is 2.79. The summed E-state index contributed by atoms with van der Waals surface area (Å²) < 4.78 is 1.18. The number of anilines is 2. The van der Waals surface area contributed by atoms with Gasteiger partial charge in [0.15, 0.2) is 5.13 Å². The first kappa shape index (κ1) is 13.3. The van der Waals surface area contributed by atoms with Crippen molar-refractivity contribution in [1.29, 1.82) is 5.26 Å². The second-order valence-electron chi connectivity index (χ2n) is 4.36. The minimum Gasteiger partial charge on any atom is -0.368 e. The highest BCUT2D eigenvalue weighted by atomic mass is 32.1. The lowest BCUT2D eigenvalue weighted by atomic mass is 10.3. The highest BCUT2D eigenvalue weighted by molar-refractivity contribution is 7.22. The summed E-state index contributed by atoms with van der Waals surface area (Å²) >= 11 is 1.64. The highest BCUT2D eigenvalue weighted by Gasteiger charge is 2.02. The van der Waals surface area contributed by atoms with Crippen molar-refractivity contribution in [3.8, 4) is 6.07 Å². The lowest BCUT2D eigenvalue weighted by Gasteiger charge is -2.06. The van der Waals surface area contributed by atoms with E-state index in [1.165, 1.54) is 4.70 Å². The average Bonchev–Trinajstić information content (AvgIpc) is 2.94. The zero-order chi connectivity index (χ0) is 14.5. The van der Waals surface area contributed by atoms with Crippen LogP contribution in [0.1, 0.15) is 5.69 Å². The molecule has 2 N–H and O–H groups in total. The molecule has 0 saturated carbocycles. The lowest BCUT2D eigenvalue weighted by Crippen LogP contribution is -2.14. The Labute approximate surface area is 126 Å². The van der Waals surface area contributed by atoms with Crippen LogP contribution in [0.25, 0.3) is 10.2 Å². The number of hydrogen-bond acceptors (Lipinski definition) is 6.